The average molecular weight is 228 g/mol. The van der Waals surface area contributed by atoms with Crippen LogP contribution in [0.3, 0.4) is 0 Å². The lowest BCUT2D eigenvalue weighted by Crippen LogP contribution is -2.25. The quantitative estimate of drug-likeness (QED) is 0.582. The smallest absolute Gasteiger partial charge is 0.00779 e. The van der Waals surface area contributed by atoms with Crippen LogP contribution >= 0.6 is 11.8 Å². The molecule has 1 fully saturated rings. The minimum Gasteiger partial charge on any atom is -0.155 e. The molecule has 0 aromatic rings. The molecule has 0 saturated heterocycles. The third-order valence-corrected chi connectivity index (χ3v) is 4.91. The van der Waals surface area contributed by atoms with Gasteiger partial charge in [-0.3, -0.25) is 0 Å². The topological polar surface area (TPSA) is 0 Å². The molecule has 0 aromatic carbocycles. The van der Waals surface area contributed by atoms with Gasteiger partial charge >= 0.3 is 0 Å². The Morgan fingerprint density at radius 2 is 1.73 bits per heavy atom. The van der Waals surface area contributed by atoms with Crippen molar-refractivity contribution in [2.24, 2.45) is 11.8 Å². The summed E-state index contributed by atoms with van der Waals surface area (Å²) in [6, 6.07) is 0. The van der Waals surface area contributed by atoms with Crippen LogP contribution in [-0.4, -0.2) is 10.5 Å². The molecule has 0 aliphatic heterocycles. The van der Waals surface area contributed by atoms with E-state index in [0.29, 0.717) is 0 Å². The zero-order valence-electron chi connectivity index (χ0n) is 11.0. The summed E-state index contributed by atoms with van der Waals surface area (Å²) in [5.41, 5.74) is 0. The zero-order chi connectivity index (χ0) is 11.3. The number of hydrogen-bond acceptors (Lipinski definition) is 1. The largest absolute Gasteiger partial charge is 0.155 e. The van der Waals surface area contributed by atoms with Gasteiger partial charge < -0.3 is 0 Å². The maximum absolute atomic E-state index is 2.35. The molecule has 1 atom stereocenters. The highest BCUT2D eigenvalue weighted by Crippen LogP contribution is 2.39. The third kappa shape index (κ3) is 5.29. The molecule has 0 nitrogen and oxygen atoms in total. The van der Waals surface area contributed by atoms with Crippen LogP contribution in [0.4, 0.5) is 0 Å². The first-order valence-electron chi connectivity index (χ1n) is 6.75. The predicted octanol–water partition coefficient (Wildman–Crippen LogP) is 5.12. The molecule has 0 bridgehead atoms. The van der Waals surface area contributed by atoms with Crippen LogP contribution in [0.5, 0.6) is 0 Å². The van der Waals surface area contributed by atoms with Crippen LogP contribution in [0.15, 0.2) is 0 Å². The molecule has 0 radical (unpaired) electrons. The lowest BCUT2D eigenvalue weighted by Gasteiger charge is -2.34. The Morgan fingerprint density at radius 1 is 1.07 bits per heavy atom. The predicted molar refractivity (Wildman–Crippen MR) is 72.5 cm³/mol. The van der Waals surface area contributed by atoms with Crippen LogP contribution in [-0.2, 0) is 0 Å². The van der Waals surface area contributed by atoms with Gasteiger partial charge in [0.25, 0.3) is 0 Å². The van der Waals surface area contributed by atoms with Gasteiger partial charge in [-0.1, -0.05) is 47.0 Å². The van der Waals surface area contributed by atoms with E-state index in [-0.39, 0.29) is 0 Å². The van der Waals surface area contributed by atoms with Gasteiger partial charge in [0.15, 0.2) is 0 Å². The lowest BCUT2D eigenvalue weighted by atomic mass is 9.81. The Labute approximate surface area is 101 Å². The van der Waals surface area contributed by atoms with Gasteiger partial charge in [0.05, 0.1) is 0 Å². The monoisotopic (exact) mass is 228 g/mol. The Kier molecular flexibility index (Phi) is 6.11. The molecule has 1 aliphatic carbocycles. The summed E-state index contributed by atoms with van der Waals surface area (Å²) in [6.45, 7) is 9.37. The Balaban J connectivity index is 2.22. The molecule has 1 heteroatoms. The third-order valence-electron chi connectivity index (χ3n) is 3.39. The first-order valence-corrected chi connectivity index (χ1v) is 7.69. The molecular formula is C14H28S. The number of rotatable bonds is 7. The van der Waals surface area contributed by atoms with Crippen molar-refractivity contribution in [3.05, 3.63) is 0 Å². The fourth-order valence-electron chi connectivity index (χ4n) is 2.30. The summed E-state index contributed by atoms with van der Waals surface area (Å²) in [7, 11) is 0. The van der Waals surface area contributed by atoms with Crippen LogP contribution in [0, 0.1) is 11.8 Å². The van der Waals surface area contributed by atoms with E-state index in [2.05, 4.69) is 39.5 Å². The molecule has 0 spiro atoms. The van der Waals surface area contributed by atoms with E-state index >= 15 is 0 Å². The fourth-order valence-corrected chi connectivity index (χ4v) is 3.80. The summed E-state index contributed by atoms with van der Waals surface area (Å²) < 4.78 is 0. The highest BCUT2D eigenvalue weighted by Gasteiger charge is 2.27. The van der Waals surface area contributed by atoms with Gasteiger partial charge in [0.1, 0.15) is 0 Å². The fraction of sp³-hybridized carbons (Fsp3) is 1.00. The molecule has 1 rings (SSSR count). The highest BCUT2D eigenvalue weighted by atomic mass is 32.2. The first-order chi connectivity index (χ1) is 7.09. The van der Waals surface area contributed by atoms with Gasteiger partial charge in [-0.05, 0) is 36.3 Å². The summed E-state index contributed by atoms with van der Waals surface area (Å²) in [6.07, 6.45) is 8.83. The standard InChI is InChI=1S/C14H28S/c1-11(2)7-5-10-14(15-12(3)4)13-8-6-9-13/h11-14H,5-10H2,1-4H3. The van der Waals surface area contributed by atoms with Crippen molar-refractivity contribution in [3.63, 3.8) is 0 Å². The zero-order valence-corrected chi connectivity index (χ0v) is 11.8. The summed E-state index contributed by atoms with van der Waals surface area (Å²) in [5.74, 6) is 1.95. The van der Waals surface area contributed by atoms with Gasteiger partial charge in [0, 0.05) is 5.25 Å². The minimum absolute atomic E-state index is 0.814. The number of hydrogen-bond donors (Lipinski definition) is 0. The van der Waals surface area contributed by atoms with Crippen molar-refractivity contribution < 1.29 is 0 Å². The Bertz CT molecular complexity index is 159. The van der Waals surface area contributed by atoms with Crippen molar-refractivity contribution in [1.29, 1.82) is 0 Å². The van der Waals surface area contributed by atoms with E-state index in [1.807, 2.05) is 0 Å². The minimum atomic E-state index is 0.814. The van der Waals surface area contributed by atoms with Crippen molar-refractivity contribution in [2.45, 2.75) is 76.7 Å². The van der Waals surface area contributed by atoms with E-state index in [1.165, 1.54) is 38.5 Å². The SMILES string of the molecule is CC(C)CCCC(SC(C)C)C1CCC1. The molecule has 0 N–H and O–H groups in total. The normalized spacial score (nSPS) is 19.6. The molecule has 0 aromatic heterocycles. The maximum Gasteiger partial charge on any atom is 0.00779 e. The van der Waals surface area contributed by atoms with E-state index in [4.69, 9.17) is 0 Å². The molecule has 1 saturated carbocycles. The molecule has 1 unspecified atom stereocenters. The molecular weight excluding hydrogens is 200 g/mol. The lowest BCUT2D eigenvalue weighted by molar-refractivity contribution is 0.293. The summed E-state index contributed by atoms with van der Waals surface area (Å²) in [5, 5.41) is 1.78. The van der Waals surface area contributed by atoms with Crippen molar-refractivity contribution in [3.8, 4) is 0 Å². The maximum atomic E-state index is 2.35. The molecule has 1 aliphatic rings. The van der Waals surface area contributed by atoms with Crippen molar-refractivity contribution in [2.75, 3.05) is 0 Å². The van der Waals surface area contributed by atoms with Gasteiger partial charge in [-0.25, -0.2) is 0 Å². The summed E-state index contributed by atoms with van der Waals surface area (Å²) in [4.78, 5) is 0. The summed E-state index contributed by atoms with van der Waals surface area (Å²) >= 11 is 2.24. The van der Waals surface area contributed by atoms with Crippen LogP contribution < -0.4 is 0 Å². The molecule has 0 amide bonds. The Morgan fingerprint density at radius 3 is 2.13 bits per heavy atom. The van der Waals surface area contributed by atoms with Crippen molar-refractivity contribution in [1.82, 2.24) is 0 Å². The second kappa shape index (κ2) is 6.83. The van der Waals surface area contributed by atoms with E-state index in [1.54, 1.807) is 0 Å². The number of thioether (sulfide) groups is 1. The van der Waals surface area contributed by atoms with Crippen molar-refractivity contribution >= 4 is 11.8 Å². The van der Waals surface area contributed by atoms with E-state index in [9.17, 15) is 0 Å². The second-order valence-corrected chi connectivity index (χ2v) is 7.56. The van der Waals surface area contributed by atoms with Gasteiger partial charge in [-0.15, -0.1) is 0 Å². The van der Waals surface area contributed by atoms with E-state index < -0.39 is 0 Å². The molecule has 0 heterocycles. The van der Waals surface area contributed by atoms with Crippen LogP contribution in [0.1, 0.15) is 66.2 Å². The average Bonchev–Trinajstić information content (AvgIpc) is 1.98. The first kappa shape index (κ1) is 13.4. The van der Waals surface area contributed by atoms with Crippen LogP contribution in [0.25, 0.3) is 0 Å². The van der Waals surface area contributed by atoms with E-state index in [0.717, 1.165) is 22.3 Å². The van der Waals surface area contributed by atoms with Gasteiger partial charge in [-0.2, -0.15) is 11.8 Å². The Hall–Kier alpha value is 0.350. The van der Waals surface area contributed by atoms with Crippen LogP contribution in [0.2, 0.25) is 0 Å². The second-order valence-electron chi connectivity index (χ2n) is 5.74. The highest BCUT2D eigenvalue weighted by molar-refractivity contribution is 8.00. The molecule has 15 heavy (non-hydrogen) atoms. The molecule has 90 valence electrons. The van der Waals surface area contributed by atoms with Gasteiger partial charge in [0.2, 0.25) is 0 Å².